The summed E-state index contributed by atoms with van der Waals surface area (Å²) in [5, 5.41) is 16.1. The summed E-state index contributed by atoms with van der Waals surface area (Å²) >= 11 is 0. The van der Waals surface area contributed by atoms with Gasteiger partial charge in [-0.3, -0.25) is 10.1 Å². The Morgan fingerprint density at radius 1 is 1.45 bits per heavy atom. The highest BCUT2D eigenvalue weighted by Gasteiger charge is 2.41. The fourth-order valence-corrected chi connectivity index (χ4v) is 2.68. The molecule has 1 fully saturated rings. The first-order valence-electron chi connectivity index (χ1n) is 5.78. The molecule has 0 saturated carbocycles. The number of hydrogen-bond acceptors (Lipinski definition) is 6. The second-order valence-corrected chi connectivity index (χ2v) is 6.52. The molecule has 0 radical (unpaired) electrons. The molecule has 1 saturated heterocycles. The highest BCUT2D eigenvalue weighted by Crippen LogP contribution is 2.37. The molecular formula is C11H15N3O5S. The number of nitro groups is 1. The van der Waals surface area contributed by atoms with Gasteiger partial charge in [0.1, 0.15) is 5.69 Å². The molecule has 0 aliphatic carbocycles. The van der Waals surface area contributed by atoms with Crippen LogP contribution in [0.25, 0.3) is 0 Å². The van der Waals surface area contributed by atoms with Gasteiger partial charge < -0.3 is 9.64 Å². The Kier molecular flexibility index (Phi) is 3.44. The van der Waals surface area contributed by atoms with Gasteiger partial charge in [0.2, 0.25) is 10.0 Å². The Labute approximate surface area is 116 Å². The predicted molar refractivity (Wildman–Crippen MR) is 72.1 cm³/mol. The molecule has 0 atom stereocenters. The number of ether oxygens (including phenoxy) is 1. The van der Waals surface area contributed by atoms with Crippen molar-refractivity contribution in [1.29, 1.82) is 0 Å². The van der Waals surface area contributed by atoms with Crippen LogP contribution in [0.2, 0.25) is 0 Å². The molecule has 20 heavy (non-hydrogen) atoms. The summed E-state index contributed by atoms with van der Waals surface area (Å²) < 4.78 is 28.0. The van der Waals surface area contributed by atoms with Gasteiger partial charge in [0.25, 0.3) is 5.69 Å². The number of rotatable bonds is 4. The largest absolute Gasteiger partial charge is 0.375 e. The fourth-order valence-electron chi connectivity index (χ4n) is 2.15. The third-order valence-electron chi connectivity index (χ3n) is 3.36. The summed E-state index contributed by atoms with van der Waals surface area (Å²) in [6, 6.07) is 3.51. The van der Waals surface area contributed by atoms with E-state index in [1.165, 1.54) is 6.07 Å². The molecular weight excluding hydrogens is 286 g/mol. The van der Waals surface area contributed by atoms with E-state index in [2.05, 4.69) is 0 Å². The number of nitrogens with two attached hydrogens (primary N) is 1. The van der Waals surface area contributed by atoms with Gasteiger partial charge in [-0.2, -0.15) is 0 Å². The van der Waals surface area contributed by atoms with Crippen LogP contribution in [-0.4, -0.2) is 39.1 Å². The molecule has 0 amide bonds. The van der Waals surface area contributed by atoms with Crippen LogP contribution in [0.4, 0.5) is 11.4 Å². The van der Waals surface area contributed by atoms with Gasteiger partial charge in [-0.05, 0) is 19.1 Å². The van der Waals surface area contributed by atoms with Gasteiger partial charge in [-0.1, -0.05) is 0 Å². The quantitative estimate of drug-likeness (QED) is 0.638. The Balaban J connectivity index is 2.42. The summed E-state index contributed by atoms with van der Waals surface area (Å²) in [5.74, 6) is 0. The maximum atomic E-state index is 11.3. The zero-order valence-corrected chi connectivity index (χ0v) is 11.9. The molecule has 2 N–H and O–H groups in total. The maximum absolute atomic E-state index is 11.3. The molecule has 2 rings (SSSR count). The topological polar surface area (TPSA) is 116 Å². The number of methoxy groups -OCH3 is 1. The molecule has 0 spiro atoms. The molecule has 1 heterocycles. The lowest BCUT2D eigenvalue weighted by molar-refractivity contribution is -0.384. The van der Waals surface area contributed by atoms with Crippen molar-refractivity contribution in [2.45, 2.75) is 17.4 Å². The SMILES string of the molecule is COC1(C)CN(c2cc(S(N)(=O)=O)ccc2[N+](=O)[O-])C1. The van der Waals surface area contributed by atoms with Crippen LogP contribution < -0.4 is 10.0 Å². The lowest BCUT2D eigenvalue weighted by atomic mass is 9.95. The molecule has 1 aromatic carbocycles. The lowest BCUT2D eigenvalue weighted by Crippen LogP contribution is -2.61. The third-order valence-corrected chi connectivity index (χ3v) is 4.27. The van der Waals surface area contributed by atoms with Crippen LogP contribution in [0.3, 0.4) is 0 Å². The second kappa shape index (κ2) is 4.69. The minimum atomic E-state index is -3.90. The van der Waals surface area contributed by atoms with E-state index >= 15 is 0 Å². The number of sulfonamides is 1. The number of anilines is 1. The average molecular weight is 301 g/mol. The van der Waals surface area contributed by atoms with Gasteiger partial charge in [0, 0.05) is 26.3 Å². The standard InChI is InChI=1S/C11H15N3O5S/c1-11(19-2)6-13(7-11)10-5-8(20(12,17)18)3-4-9(10)14(15)16/h3-5H,6-7H2,1-2H3,(H2,12,17,18). The number of nitro benzene ring substituents is 1. The molecule has 9 heteroatoms. The smallest absolute Gasteiger partial charge is 0.292 e. The third kappa shape index (κ3) is 2.60. The van der Waals surface area contributed by atoms with E-state index < -0.39 is 14.9 Å². The summed E-state index contributed by atoms with van der Waals surface area (Å²) in [7, 11) is -2.34. The first-order valence-corrected chi connectivity index (χ1v) is 7.32. The minimum absolute atomic E-state index is 0.149. The Bertz CT molecular complexity index is 652. The van der Waals surface area contributed by atoms with Crippen LogP contribution in [0, 0.1) is 10.1 Å². The highest BCUT2D eigenvalue weighted by molar-refractivity contribution is 7.89. The summed E-state index contributed by atoms with van der Waals surface area (Å²) in [6.07, 6.45) is 0. The molecule has 1 aliphatic heterocycles. The van der Waals surface area contributed by atoms with Gasteiger partial charge >= 0.3 is 0 Å². The van der Waals surface area contributed by atoms with Crippen molar-refractivity contribution >= 4 is 21.4 Å². The summed E-state index contributed by atoms with van der Waals surface area (Å²) in [4.78, 5) is 12.0. The minimum Gasteiger partial charge on any atom is -0.375 e. The number of benzene rings is 1. The van der Waals surface area contributed by atoms with Crippen LogP contribution in [-0.2, 0) is 14.8 Å². The monoisotopic (exact) mass is 301 g/mol. The van der Waals surface area contributed by atoms with Crippen molar-refractivity contribution in [2.24, 2.45) is 5.14 Å². The normalized spacial score (nSPS) is 17.6. The Morgan fingerprint density at radius 3 is 2.50 bits per heavy atom. The molecule has 0 aromatic heterocycles. The molecule has 1 aliphatic rings. The number of nitrogens with zero attached hydrogens (tertiary/aromatic N) is 2. The van der Waals surface area contributed by atoms with E-state index in [4.69, 9.17) is 9.88 Å². The van der Waals surface area contributed by atoms with E-state index in [-0.39, 0.29) is 21.9 Å². The Morgan fingerprint density at radius 2 is 2.05 bits per heavy atom. The highest BCUT2D eigenvalue weighted by atomic mass is 32.2. The van der Waals surface area contributed by atoms with E-state index in [9.17, 15) is 18.5 Å². The predicted octanol–water partition coefficient (Wildman–Crippen LogP) is 0.467. The zero-order valence-electron chi connectivity index (χ0n) is 11.1. The second-order valence-electron chi connectivity index (χ2n) is 4.96. The van der Waals surface area contributed by atoms with Crippen molar-refractivity contribution in [2.75, 3.05) is 25.1 Å². The van der Waals surface area contributed by atoms with Crippen LogP contribution in [0.1, 0.15) is 6.92 Å². The van der Waals surface area contributed by atoms with Gasteiger partial charge in [0.15, 0.2) is 0 Å². The molecule has 0 unspecified atom stereocenters. The van der Waals surface area contributed by atoms with Crippen molar-refractivity contribution in [3.05, 3.63) is 28.3 Å². The first-order chi connectivity index (χ1) is 9.16. The summed E-state index contributed by atoms with van der Waals surface area (Å²) in [5.41, 5.74) is -0.308. The van der Waals surface area contributed by atoms with Gasteiger partial charge in [0.05, 0.1) is 15.4 Å². The van der Waals surface area contributed by atoms with Crippen LogP contribution in [0.15, 0.2) is 23.1 Å². The summed E-state index contributed by atoms with van der Waals surface area (Å²) in [6.45, 7) is 2.76. The van der Waals surface area contributed by atoms with Gasteiger partial charge in [-0.25, -0.2) is 13.6 Å². The van der Waals surface area contributed by atoms with Crippen LogP contribution >= 0.6 is 0 Å². The first kappa shape index (κ1) is 14.7. The van der Waals surface area contributed by atoms with E-state index in [0.717, 1.165) is 12.1 Å². The Hall–Kier alpha value is -1.71. The van der Waals surface area contributed by atoms with E-state index in [0.29, 0.717) is 13.1 Å². The van der Waals surface area contributed by atoms with Crippen LogP contribution in [0.5, 0.6) is 0 Å². The fraction of sp³-hybridized carbons (Fsp3) is 0.455. The van der Waals surface area contributed by atoms with Crippen molar-refractivity contribution in [3.63, 3.8) is 0 Å². The van der Waals surface area contributed by atoms with Gasteiger partial charge in [-0.15, -0.1) is 0 Å². The zero-order chi connectivity index (χ0) is 15.1. The molecule has 0 bridgehead atoms. The molecule has 1 aromatic rings. The molecule has 110 valence electrons. The molecule has 8 nitrogen and oxygen atoms in total. The number of hydrogen-bond donors (Lipinski definition) is 1. The average Bonchev–Trinajstić information content (AvgIpc) is 2.33. The number of primary sulfonamides is 1. The maximum Gasteiger partial charge on any atom is 0.292 e. The van der Waals surface area contributed by atoms with E-state index in [1.807, 2.05) is 6.92 Å². The lowest BCUT2D eigenvalue weighted by Gasteiger charge is -2.47. The van der Waals surface area contributed by atoms with Crippen molar-refractivity contribution in [3.8, 4) is 0 Å². The van der Waals surface area contributed by atoms with E-state index in [1.54, 1.807) is 12.0 Å². The van der Waals surface area contributed by atoms with Crippen molar-refractivity contribution in [1.82, 2.24) is 0 Å². The van der Waals surface area contributed by atoms with Crippen molar-refractivity contribution < 1.29 is 18.1 Å².